The number of carbonyl (C=O) groups excluding carboxylic acids is 1. The van der Waals surface area contributed by atoms with Crippen LogP contribution in [0.2, 0.25) is 0 Å². The second-order valence-corrected chi connectivity index (χ2v) is 3.63. The maximum atomic E-state index is 12.0. The van der Waals surface area contributed by atoms with E-state index >= 15 is 0 Å². The Morgan fingerprint density at radius 2 is 2.13 bits per heavy atom. The highest BCUT2D eigenvalue weighted by atomic mass is 16.1. The van der Waals surface area contributed by atoms with E-state index in [1.807, 2.05) is 32.0 Å². The summed E-state index contributed by atoms with van der Waals surface area (Å²) in [6.45, 7) is 3.92. The van der Waals surface area contributed by atoms with Gasteiger partial charge < -0.3 is 0 Å². The normalized spacial score (nSPS) is 10.3. The van der Waals surface area contributed by atoms with E-state index in [9.17, 15) is 4.79 Å². The van der Waals surface area contributed by atoms with E-state index in [4.69, 9.17) is 0 Å². The van der Waals surface area contributed by atoms with Gasteiger partial charge in [0.2, 0.25) is 0 Å². The summed E-state index contributed by atoms with van der Waals surface area (Å²) in [7, 11) is 0. The Kier molecular flexibility index (Phi) is 2.37. The number of hydrogen-bond donors (Lipinski definition) is 1. The Morgan fingerprint density at radius 1 is 1.33 bits per heavy atom. The van der Waals surface area contributed by atoms with Gasteiger partial charge >= 0.3 is 0 Å². The van der Waals surface area contributed by atoms with E-state index in [-0.39, 0.29) is 5.78 Å². The molecule has 0 saturated carbocycles. The summed E-state index contributed by atoms with van der Waals surface area (Å²) in [5.74, 6) is 0.0185. The second kappa shape index (κ2) is 3.69. The molecule has 1 heterocycles. The van der Waals surface area contributed by atoms with Crippen molar-refractivity contribution in [3.05, 3.63) is 52.8 Å². The van der Waals surface area contributed by atoms with Gasteiger partial charge in [-0.05, 0) is 25.5 Å². The molecule has 76 valence electrons. The molecule has 1 aromatic carbocycles. The number of hydrogen-bond acceptors (Lipinski definition) is 2. The van der Waals surface area contributed by atoms with Crippen LogP contribution in [0, 0.1) is 13.8 Å². The lowest BCUT2D eigenvalue weighted by molar-refractivity contribution is 0.103. The lowest BCUT2D eigenvalue weighted by Gasteiger charge is -2.04. The summed E-state index contributed by atoms with van der Waals surface area (Å²) in [6, 6.07) is 5.87. The van der Waals surface area contributed by atoms with Gasteiger partial charge in [0, 0.05) is 11.8 Å². The van der Waals surface area contributed by atoms with Crippen molar-refractivity contribution in [1.82, 2.24) is 10.2 Å². The fourth-order valence-electron chi connectivity index (χ4n) is 1.51. The molecule has 0 unspecified atom stereocenters. The Hall–Kier alpha value is -1.90. The van der Waals surface area contributed by atoms with E-state index in [1.165, 1.54) is 0 Å². The first-order valence-electron chi connectivity index (χ1n) is 4.79. The van der Waals surface area contributed by atoms with Crippen LogP contribution < -0.4 is 0 Å². The van der Waals surface area contributed by atoms with Gasteiger partial charge in [-0.3, -0.25) is 9.89 Å². The predicted molar refractivity (Wildman–Crippen MR) is 57.9 cm³/mol. The summed E-state index contributed by atoms with van der Waals surface area (Å²) >= 11 is 0. The zero-order chi connectivity index (χ0) is 10.8. The molecule has 0 atom stereocenters. The highest BCUT2D eigenvalue weighted by Crippen LogP contribution is 2.14. The van der Waals surface area contributed by atoms with Gasteiger partial charge in [0.25, 0.3) is 0 Å². The quantitative estimate of drug-likeness (QED) is 0.756. The average molecular weight is 200 g/mol. The molecule has 0 aliphatic rings. The second-order valence-electron chi connectivity index (χ2n) is 3.63. The van der Waals surface area contributed by atoms with E-state index in [0.29, 0.717) is 5.56 Å². The van der Waals surface area contributed by atoms with Crippen LogP contribution in [0.15, 0.2) is 30.6 Å². The molecule has 0 radical (unpaired) electrons. The summed E-state index contributed by atoms with van der Waals surface area (Å²) in [5, 5.41) is 6.42. The molecule has 0 spiro atoms. The van der Waals surface area contributed by atoms with Gasteiger partial charge in [0.1, 0.15) is 0 Å². The lowest BCUT2D eigenvalue weighted by Crippen LogP contribution is -2.02. The molecule has 0 aliphatic heterocycles. The van der Waals surface area contributed by atoms with Crippen molar-refractivity contribution in [2.75, 3.05) is 0 Å². The van der Waals surface area contributed by atoms with Gasteiger partial charge in [0.15, 0.2) is 5.78 Å². The standard InChI is InChI=1S/C12H12N2O/c1-8-3-4-9(2)11(5-8)12(15)10-6-13-14-7-10/h3-7H,1-2H3,(H,13,14). The van der Waals surface area contributed by atoms with E-state index in [1.54, 1.807) is 12.4 Å². The van der Waals surface area contributed by atoms with Gasteiger partial charge in [-0.1, -0.05) is 17.7 Å². The third kappa shape index (κ3) is 1.81. The molecule has 3 heteroatoms. The Balaban J connectivity index is 2.46. The number of aromatic nitrogens is 2. The molecule has 15 heavy (non-hydrogen) atoms. The third-order valence-corrected chi connectivity index (χ3v) is 2.40. The molecule has 0 bridgehead atoms. The van der Waals surface area contributed by atoms with Crippen LogP contribution in [0.5, 0.6) is 0 Å². The number of carbonyl (C=O) groups is 1. The van der Waals surface area contributed by atoms with Crippen LogP contribution in [-0.2, 0) is 0 Å². The fraction of sp³-hybridized carbons (Fsp3) is 0.167. The molecule has 1 N–H and O–H groups in total. The number of rotatable bonds is 2. The van der Waals surface area contributed by atoms with Crippen LogP contribution in [0.4, 0.5) is 0 Å². The third-order valence-electron chi connectivity index (χ3n) is 2.40. The van der Waals surface area contributed by atoms with Crippen molar-refractivity contribution in [3.8, 4) is 0 Å². The van der Waals surface area contributed by atoms with Crippen molar-refractivity contribution in [1.29, 1.82) is 0 Å². The highest BCUT2D eigenvalue weighted by molar-refractivity contribution is 6.09. The molecule has 3 nitrogen and oxygen atoms in total. The number of aryl methyl sites for hydroxylation is 2. The maximum absolute atomic E-state index is 12.0. The first kappa shape index (κ1) is 9.65. The largest absolute Gasteiger partial charge is 0.288 e. The smallest absolute Gasteiger partial charge is 0.196 e. The molecular weight excluding hydrogens is 188 g/mol. The number of aromatic amines is 1. The van der Waals surface area contributed by atoms with Gasteiger partial charge in [-0.25, -0.2) is 0 Å². The van der Waals surface area contributed by atoms with Crippen LogP contribution in [-0.4, -0.2) is 16.0 Å². The van der Waals surface area contributed by atoms with E-state index in [0.717, 1.165) is 16.7 Å². The number of ketones is 1. The molecule has 0 saturated heterocycles. The SMILES string of the molecule is Cc1ccc(C)c(C(=O)c2cn[nH]c2)c1. The van der Waals surface area contributed by atoms with Crippen molar-refractivity contribution in [3.63, 3.8) is 0 Å². The number of H-pyrrole nitrogens is 1. The van der Waals surface area contributed by atoms with Crippen molar-refractivity contribution < 1.29 is 4.79 Å². The Bertz CT molecular complexity index is 486. The summed E-state index contributed by atoms with van der Waals surface area (Å²) in [6.07, 6.45) is 3.16. The number of nitrogens with one attached hydrogen (secondary N) is 1. The topological polar surface area (TPSA) is 45.8 Å². The van der Waals surface area contributed by atoms with Crippen LogP contribution in [0.3, 0.4) is 0 Å². The Morgan fingerprint density at radius 3 is 2.80 bits per heavy atom. The average Bonchev–Trinajstić information content (AvgIpc) is 2.74. The van der Waals surface area contributed by atoms with Gasteiger partial charge in [0.05, 0.1) is 11.8 Å². The molecule has 2 rings (SSSR count). The minimum absolute atomic E-state index is 0.0185. The van der Waals surface area contributed by atoms with Crippen LogP contribution >= 0.6 is 0 Å². The van der Waals surface area contributed by atoms with Crippen molar-refractivity contribution >= 4 is 5.78 Å². The van der Waals surface area contributed by atoms with E-state index < -0.39 is 0 Å². The predicted octanol–water partition coefficient (Wildman–Crippen LogP) is 2.26. The van der Waals surface area contributed by atoms with E-state index in [2.05, 4.69) is 10.2 Å². The Labute approximate surface area is 88.1 Å². The monoisotopic (exact) mass is 200 g/mol. The van der Waals surface area contributed by atoms with Crippen molar-refractivity contribution in [2.45, 2.75) is 13.8 Å². The minimum atomic E-state index is 0.0185. The molecule has 0 fully saturated rings. The summed E-state index contributed by atoms with van der Waals surface area (Å²) in [5.41, 5.74) is 3.43. The molecular formula is C12H12N2O. The minimum Gasteiger partial charge on any atom is -0.288 e. The van der Waals surface area contributed by atoms with Gasteiger partial charge in [-0.15, -0.1) is 0 Å². The summed E-state index contributed by atoms with van der Waals surface area (Å²) < 4.78 is 0. The first-order valence-corrected chi connectivity index (χ1v) is 4.79. The number of benzene rings is 1. The van der Waals surface area contributed by atoms with Crippen LogP contribution in [0.1, 0.15) is 27.0 Å². The zero-order valence-corrected chi connectivity index (χ0v) is 8.74. The van der Waals surface area contributed by atoms with Gasteiger partial charge in [-0.2, -0.15) is 5.10 Å². The molecule has 0 aliphatic carbocycles. The first-order chi connectivity index (χ1) is 7.18. The number of nitrogens with zero attached hydrogens (tertiary/aromatic N) is 1. The zero-order valence-electron chi connectivity index (χ0n) is 8.74. The maximum Gasteiger partial charge on any atom is 0.196 e. The summed E-state index contributed by atoms with van der Waals surface area (Å²) in [4.78, 5) is 12.0. The van der Waals surface area contributed by atoms with Crippen molar-refractivity contribution in [2.24, 2.45) is 0 Å². The molecule has 0 amide bonds. The molecule has 1 aromatic heterocycles. The fourth-order valence-corrected chi connectivity index (χ4v) is 1.51. The van der Waals surface area contributed by atoms with Crippen LogP contribution in [0.25, 0.3) is 0 Å². The highest BCUT2D eigenvalue weighted by Gasteiger charge is 2.12. The molecule has 2 aromatic rings. The lowest BCUT2D eigenvalue weighted by atomic mass is 9.99.